The quantitative estimate of drug-likeness (QED) is 0.719. The summed E-state index contributed by atoms with van der Waals surface area (Å²) in [6.07, 6.45) is 3.99. The molecule has 90 valence electrons. The third-order valence-electron chi connectivity index (χ3n) is 3.55. The highest BCUT2D eigenvalue weighted by Crippen LogP contribution is 2.31. The van der Waals surface area contributed by atoms with Crippen LogP contribution in [0.4, 0.5) is 4.79 Å². The molecule has 0 spiro atoms. The van der Waals surface area contributed by atoms with Gasteiger partial charge in [-0.15, -0.1) is 0 Å². The van der Waals surface area contributed by atoms with Crippen LogP contribution in [0.1, 0.15) is 25.7 Å². The molecule has 16 heavy (non-hydrogen) atoms. The number of hydrogen-bond donors (Lipinski definition) is 1. The van der Waals surface area contributed by atoms with Crippen molar-refractivity contribution in [3.05, 3.63) is 0 Å². The minimum absolute atomic E-state index is 0.0409. The second-order valence-electron chi connectivity index (χ2n) is 4.52. The Hall–Kier alpha value is -1.26. The van der Waals surface area contributed by atoms with E-state index in [1.54, 1.807) is 4.90 Å². The molecule has 2 aliphatic rings. The van der Waals surface area contributed by atoms with E-state index in [0.29, 0.717) is 18.5 Å². The van der Waals surface area contributed by atoms with Gasteiger partial charge in [0.2, 0.25) is 0 Å². The molecular weight excluding hydrogens is 208 g/mol. The maximum Gasteiger partial charge on any atom is 0.317 e. The summed E-state index contributed by atoms with van der Waals surface area (Å²) in [4.78, 5) is 24.3. The lowest BCUT2D eigenvalue weighted by molar-refractivity contribution is -0.140. The van der Waals surface area contributed by atoms with Gasteiger partial charge in [0.1, 0.15) is 0 Å². The van der Waals surface area contributed by atoms with Crippen LogP contribution >= 0.6 is 0 Å². The largest absolute Gasteiger partial charge is 0.469 e. The summed E-state index contributed by atoms with van der Waals surface area (Å²) in [5.41, 5.74) is 0. The first-order chi connectivity index (χ1) is 7.70. The Morgan fingerprint density at radius 3 is 2.88 bits per heavy atom. The monoisotopic (exact) mass is 226 g/mol. The average molecular weight is 226 g/mol. The fraction of sp³-hybridized carbons (Fsp3) is 0.818. The molecule has 1 unspecified atom stereocenters. The number of rotatable bonds is 4. The van der Waals surface area contributed by atoms with Crippen LogP contribution in [0.15, 0.2) is 0 Å². The predicted octanol–water partition coefficient (Wildman–Crippen LogP) is 0.743. The highest BCUT2D eigenvalue weighted by atomic mass is 16.5. The number of hydrogen-bond acceptors (Lipinski definition) is 3. The first kappa shape index (κ1) is 11.2. The lowest BCUT2D eigenvalue weighted by atomic mass is 9.80. The lowest BCUT2D eigenvalue weighted by Gasteiger charge is -2.30. The third kappa shape index (κ3) is 2.28. The number of carbonyl (C=O) groups excluding carboxylic acids is 2. The van der Waals surface area contributed by atoms with E-state index in [4.69, 9.17) is 0 Å². The van der Waals surface area contributed by atoms with Crippen molar-refractivity contribution in [2.75, 3.05) is 20.2 Å². The van der Waals surface area contributed by atoms with Crippen LogP contribution in [0.2, 0.25) is 0 Å². The molecule has 5 heteroatoms. The number of amides is 2. The van der Waals surface area contributed by atoms with Gasteiger partial charge in [0.05, 0.1) is 19.6 Å². The van der Waals surface area contributed by atoms with E-state index in [9.17, 15) is 9.59 Å². The predicted molar refractivity (Wildman–Crippen MR) is 57.9 cm³/mol. The Labute approximate surface area is 95.1 Å². The lowest BCUT2D eigenvalue weighted by Crippen LogP contribution is -2.37. The first-order valence-electron chi connectivity index (χ1n) is 5.83. The zero-order valence-electron chi connectivity index (χ0n) is 9.57. The standard InChI is InChI=1S/C11H18N2O3/c1-16-10(14)5-6-13-7-9(12-11(13)15)8-3-2-4-8/h8-9H,2-7H2,1H3,(H,12,15). The molecule has 0 aromatic rings. The maximum absolute atomic E-state index is 11.6. The summed E-state index contributed by atoms with van der Waals surface area (Å²) < 4.78 is 4.55. The van der Waals surface area contributed by atoms with Gasteiger partial charge in [-0.1, -0.05) is 6.42 Å². The van der Waals surface area contributed by atoms with E-state index in [1.165, 1.54) is 26.4 Å². The fourth-order valence-corrected chi connectivity index (χ4v) is 2.25. The molecule has 0 radical (unpaired) electrons. The van der Waals surface area contributed by atoms with Crippen molar-refractivity contribution >= 4 is 12.0 Å². The molecule has 1 aliphatic carbocycles. The van der Waals surface area contributed by atoms with Gasteiger partial charge in [-0.05, 0) is 18.8 Å². The Morgan fingerprint density at radius 1 is 1.56 bits per heavy atom. The van der Waals surface area contributed by atoms with Crippen LogP contribution in [0.5, 0.6) is 0 Å². The Kier molecular flexibility index (Phi) is 3.31. The van der Waals surface area contributed by atoms with Crippen molar-refractivity contribution in [2.24, 2.45) is 5.92 Å². The molecule has 2 fully saturated rings. The molecule has 0 aromatic heterocycles. The second-order valence-corrected chi connectivity index (χ2v) is 4.52. The molecule has 1 heterocycles. The van der Waals surface area contributed by atoms with Crippen LogP contribution in [0, 0.1) is 5.92 Å². The Morgan fingerprint density at radius 2 is 2.31 bits per heavy atom. The normalized spacial score (nSPS) is 25.2. The minimum atomic E-state index is -0.264. The fourth-order valence-electron chi connectivity index (χ4n) is 2.25. The summed E-state index contributed by atoms with van der Waals surface area (Å²) >= 11 is 0. The zero-order valence-corrected chi connectivity index (χ0v) is 9.57. The second kappa shape index (κ2) is 4.72. The van der Waals surface area contributed by atoms with E-state index in [-0.39, 0.29) is 18.4 Å². The summed E-state index contributed by atoms with van der Waals surface area (Å²) in [7, 11) is 1.36. The van der Waals surface area contributed by atoms with E-state index >= 15 is 0 Å². The van der Waals surface area contributed by atoms with Gasteiger partial charge in [-0.25, -0.2) is 4.79 Å². The van der Waals surface area contributed by atoms with Gasteiger partial charge in [0.25, 0.3) is 0 Å². The van der Waals surface area contributed by atoms with Gasteiger partial charge < -0.3 is 15.0 Å². The molecule has 1 atom stereocenters. The maximum atomic E-state index is 11.6. The Bertz CT molecular complexity index is 289. The van der Waals surface area contributed by atoms with Crippen LogP contribution in [0.25, 0.3) is 0 Å². The number of esters is 1. The highest BCUT2D eigenvalue weighted by Gasteiger charge is 2.36. The Balaban J connectivity index is 1.78. The molecule has 1 saturated heterocycles. The van der Waals surface area contributed by atoms with Crippen LogP contribution in [-0.2, 0) is 9.53 Å². The van der Waals surface area contributed by atoms with Crippen molar-refractivity contribution in [1.29, 1.82) is 0 Å². The smallest absolute Gasteiger partial charge is 0.317 e. The first-order valence-corrected chi connectivity index (χ1v) is 5.83. The molecule has 0 bridgehead atoms. The zero-order chi connectivity index (χ0) is 11.5. The van der Waals surface area contributed by atoms with Crippen molar-refractivity contribution in [2.45, 2.75) is 31.7 Å². The number of nitrogens with one attached hydrogen (secondary N) is 1. The summed E-state index contributed by atoms with van der Waals surface area (Å²) in [5.74, 6) is 0.381. The number of urea groups is 1. The highest BCUT2D eigenvalue weighted by molar-refractivity contribution is 5.78. The van der Waals surface area contributed by atoms with Gasteiger partial charge in [0.15, 0.2) is 0 Å². The number of carbonyl (C=O) groups is 2. The van der Waals surface area contributed by atoms with Crippen molar-refractivity contribution < 1.29 is 14.3 Å². The molecule has 2 rings (SSSR count). The van der Waals surface area contributed by atoms with Crippen molar-refractivity contribution in [3.8, 4) is 0 Å². The number of ether oxygens (including phenoxy) is 1. The van der Waals surface area contributed by atoms with E-state index in [1.807, 2.05) is 0 Å². The van der Waals surface area contributed by atoms with Gasteiger partial charge >= 0.3 is 12.0 Å². The molecule has 1 aliphatic heterocycles. The van der Waals surface area contributed by atoms with Gasteiger partial charge in [-0.2, -0.15) is 0 Å². The molecule has 0 aromatic carbocycles. The molecule has 2 amide bonds. The average Bonchev–Trinajstić information content (AvgIpc) is 2.53. The van der Waals surface area contributed by atoms with E-state index in [2.05, 4.69) is 10.1 Å². The number of methoxy groups -OCH3 is 1. The van der Waals surface area contributed by atoms with Crippen LogP contribution in [-0.4, -0.2) is 43.1 Å². The third-order valence-corrected chi connectivity index (χ3v) is 3.55. The van der Waals surface area contributed by atoms with Crippen LogP contribution in [0.3, 0.4) is 0 Å². The summed E-state index contributed by atoms with van der Waals surface area (Å²) in [6, 6.07) is 0.250. The molecule has 5 nitrogen and oxygen atoms in total. The molecular formula is C11H18N2O3. The molecule has 1 saturated carbocycles. The van der Waals surface area contributed by atoms with E-state index < -0.39 is 0 Å². The van der Waals surface area contributed by atoms with Crippen molar-refractivity contribution in [3.63, 3.8) is 0 Å². The summed E-state index contributed by atoms with van der Waals surface area (Å²) in [6.45, 7) is 1.20. The topological polar surface area (TPSA) is 58.6 Å². The van der Waals surface area contributed by atoms with E-state index in [0.717, 1.165) is 6.54 Å². The van der Waals surface area contributed by atoms with Gasteiger partial charge in [-0.3, -0.25) is 4.79 Å². The number of nitrogens with zero attached hydrogens (tertiary/aromatic N) is 1. The van der Waals surface area contributed by atoms with Crippen LogP contribution < -0.4 is 5.32 Å². The molecule has 1 N–H and O–H groups in total. The SMILES string of the molecule is COC(=O)CCN1CC(C2CCC2)NC1=O. The minimum Gasteiger partial charge on any atom is -0.469 e. The van der Waals surface area contributed by atoms with Crippen molar-refractivity contribution in [1.82, 2.24) is 10.2 Å². The summed E-state index contributed by atoms with van der Waals surface area (Å²) in [5, 5.41) is 2.98. The van der Waals surface area contributed by atoms with Gasteiger partial charge in [0, 0.05) is 13.1 Å².